The quantitative estimate of drug-likeness (QED) is 0.165. The fraction of sp³-hybridized carbons (Fsp3) is 0.148. The summed E-state index contributed by atoms with van der Waals surface area (Å²) in [5, 5.41) is -0.0569. The zero-order valence-corrected chi connectivity index (χ0v) is 22.6. The number of hydrogen-bond donors (Lipinski definition) is 0. The predicted octanol–water partition coefficient (Wildman–Crippen LogP) is 7.27. The maximum atomic E-state index is 13.0. The summed E-state index contributed by atoms with van der Waals surface area (Å²) in [4.78, 5) is 39.9. The Labute approximate surface area is 226 Å². The van der Waals surface area contributed by atoms with Crippen LogP contribution in [-0.2, 0) is 11.3 Å². The summed E-state index contributed by atoms with van der Waals surface area (Å²) >= 11 is 10.4. The number of halogens is 2. The van der Waals surface area contributed by atoms with Gasteiger partial charge in [0.2, 0.25) is 0 Å². The first kappa shape index (κ1) is 26.0. The van der Waals surface area contributed by atoms with Crippen molar-refractivity contribution >= 4 is 62.5 Å². The molecule has 0 aromatic heterocycles. The average Bonchev–Trinajstić information content (AvgIpc) is 3.10. The number of thioether (sulfide) groups is 1. The molecule has 3 aromatic rings. The van der Waals surface area contributed by atoms with Crippen molar-refractivity contribution < 1.29 is 23.9 Å². The summed E-state index contributed by atoms with van der Waals surface area (Å²) in [6, 6.07) is 17.6. The minimum Gasteiger partial charge on any atom is -0.490 e. The van der Waals surface area contributed by atoms with Crippen molar-refractivity contribution in [1.82, 2.24) is 4.90 Å². The van der Waals surface area contributed by atoms with Crippen LogP contribution in [0.1, 0.15) is 34.0 Å². The van der Waals surface area contributed by atoms with Crippen LogP contribution < -0.4 is 9.47 Å². The lowest BCUT2D eigenvalue weighted by molar-refractivity contribution is -0.123. The van der Waals surface area contributed by atoms with Crippen LogP contribution in [0.25, 0.3) is 6.08 Å². The molecule has 0 N–H and O–H groups in total. The largest absolute Gasteiger partial charge is 0.490 e. The Morgan fingerprint density at radius 1 is 1.11 bits per heavy atom. The van der Waals surface area contributed by atoms with Crippen LogP contribution in [0.15, 0.2) is 70.0 Å². The minimum absolute atomic E-state index is 0.187. The molecular formula is C27H21BrClNO5S. The number of carbonyl (C=O) groups is 3. The van der Waals surface area contributed by atoms with Crippen LogP contribution in [0.2, 0.25) is 5.02 Å². The summed E-state index contributed by atoms with van der Waals surface area (Å²) in [5.74, 6) is -0.506. The molecule has 9 heteroatoms. The fourth-order valence-corrected chi connectivity index (χ4v) is 5.15. The number of nitrogens with zero attached hydrogens (tertiary/aromatic N) is 1. The van der Waals surface area contributed by atoms with E-state index >= 15 is 0 Å². The Bertz CT molecular complexity index is 1390. The van der Waals surface area contributed by atoms with E-state index in [1.807, 2.05) is 31.2 Å². The number of esters is 1. The Kier molecular flexibility index (Phi) is 8.18. The lowest BCUT2D eigenvalue weighted by atomic mass is 10.1. The van der Waals surface area contributed by atoms with Crippen LogP contribution >= 0.6 is 39.3 Å². The molecule has 6 nitrogen and oxygen atoms in total. The van der Waals surface area contributed by atoms with Gasteiger partial charge < -0.3 is 9.47 Å². The molecule has 0 radical (unpaired) electrons. The molecule has 1 saturated heterocycles. The highest BCUT2D eigenvalue weighted by atomic mass is 79.9. The van der Waals surface area contributed by atoms with Crippen molar-refractivity contribution in [2.45, 2.75) is 20.4 Å². The van der Waals surface area contributed by atoms with Gasteiger partial charge in [0, 0.05) is 0 Å². The molecule has 184 valence electrons. The van der Waals surface area contributed by atoms with Crippen molar-refractivity contribution in [2.24, 2.45) is 0 Å². The highest BCUT2D eigenvalue weighted by Gasteiger charge is 2.35. The summed E-state index contributed by atoms with van der Waals surface area (Å²) in [6.45, 7) is 4.27. The van der Waals surface area contributed by atoms with E-state index in [1.165, 1.54) is 4.90 Å². The van der Waals surface area contributed by atoms with E-state index < -0.39 is 5.97 Å². The topological polar surface area (TPSA) is 72.9 Å². The molecule has 0 bridgehead atoms. The van der Waals surface area contributed by atoms with E-state index in [4.69, 9.17) is 21.1 Å². The third kappa shape index (κ3) is 5.67. The van der Waals surface area contributed by atoms with Crippen LogP contribution in [0.5, 0.6) is 11.5 Å². The molecule has 1 aliphatic heterocycles. The molecular weight excluding hydrogens is 566 g/mol. The lowest BCUT2D eigenvalue weighted by Gasteiger charge is -2.14. The fourth-order valence-electron chi connectivity index (χ4n) is 3.55. The third-order valence-electron chi connectivity index (χ3n) is 5.38. The van der Waals surface area contributed by atoms with E-state index in [2.05, 4.69) is 15.9 Å². The Morgan fingerprint density at radius 3 is 2.56 bits per heavy atom. The highest BCUT2D eigenvalue weighted by Crippen LogP contribution is 2.40. The molecule has 0 saturated carbocycles. The van der Waals surface area contributed by atoms with Gasteiger partial charge in [-0.25, -0.2) is 4.79 Å². The molecule has 0 spiro atoms. The Hall–Kier alpha value is -3.07. The van der Waals surface area contributed by atoms with Crippen molar-refractivity contribution in [1.29, 1.82) is 0 Å². The molecule has 0 aliphatic carbocycles. The first-order chi connectivity index (χ1) is 17.3. The Morgan fingerprint density at radius 2 is 1.83 bits per heavy atom. The first-order valence-electron chi connectivity index (χ1n) is 11.0. The highest BCUT2D eigenvalue weighted by molar-refractivity contribution is 9.10. The van der Waals surface area contributed by atoms with Gasteiger partial charge in [-0.3, -0.25) is 14.5 Å². The normalized spacial score (nSPS) is 14.4. The molecule has 4 rings (SSSR count). The predicted molar refractivity (Wildman–Crippen MR) is 144 cm³/mol. The molecule has 3 aromatic carbocycles. The van der Waals surface area contributed by atoms with E-state index in [0.717, 1.165) is 22.9 Å². The number of aryl methyl sites for hydroxylation is 1. The van der Waals surface area contributed by atoms with E-state index in [1.54, 1.807) is 49.4 Å². The zero-order valence-electron chi connectivity index (χ0n) is 19.4. The van der Waals surface area contributed by atoms with E-state index in [0.29, 0.717) is 27.3 Å². The van der Waals surface area contributed by atoms with Crippen molar-refractivity contribution in [2.75, 3.05) is 6.61 Å². The van der Waals surface area contributed by atoms with Gasteiger partial charge in [0.1, 0.15) is 0 Å². The van der Waals surface area contributed by atoms with Crippen LogP contribution in [0.4, 0.5) is 4.79 Å². The van der Waals surface area contributed by atoms with Gasteiger partial charge in [0.05, 0.1) is 33.1 Å². The first-order valence-corrected chi connectivity index (χ1v) is 13.0. The number of imide groups is 1. The SMILES string of the molecule is CCOc1cc(/C=C2\SC(=O)N(Cc3ccccc3C)C2=O)cc(Br)c1OC(=O)c1ccccc1Cl. The maximum absolute atomic E-state index is 13.0. The zero-order chi connectivity index (χ0) is 25.8. The second kappa shape index (κ2) is 11.3. The third-order valence-corrected chi connectivity index (χ3v) is 7.21. The van der Waals surface area contributed by atoms with Gasteiger partial charge in [-0.05, 0) is 88.6 Å². The number of carbonyl (C=O) groups excluding carboxylic acids is 3. The number of amides is 2. The molecule has 0 atom stereocenters. The number of hydrogen-bond acceptors (Lipinski definition) is 6. The van der Waals surface area contributed by atoms with E-state index in [9.17, 15) is 14.4 Å². The second-order valence-electron chi connectivity index (χ2n) is 7.83. The van der Waals surface area contributed by atoms with Gasteiger partial charge >= 0.3 is 5.97 Å². The van der Waals surface area contributed by atoms with Crippen molar-refractivity contribution in [3.8, 4) is 11.5 Å². The second-order valence-corrected chi connectivity index (χ2v) is 10.1. The van der Waals surface area contributed by atoms with Crippen LogP contribution in [0.3, 0.4) is 0 Å². The van der Waals surface area contributed by atoms with Crippen molar-refractivity contribution in [3.63, 3.8) is 0 Å². The van der Waals surface area contributed by atoms with E-state index in [-0.39, 0.29) is 34.0 Å². The van der Waals surface area contributed by atoms with Gasteiger partial charge in [-0.2, -0.15) is 0 Å². The monoisotopic (exact) mass is 585 g/mol. The summed E-state index contributed by atoms with van der Waals surface area (Å²) in [5.41, 5.74) is 2.74. The summed E-state index contributed by atoms with van der Waals surface area (Å²) in [6.07, 6.45) is 1.62. The van der Waals surface area contributed by atoms with Crippen LogP contribution in [0, 0.1) is 6.92 Å². The van der Waals surface area contributed by atoms with Crippen molar-refractivity contribution in [3.05, 3.63) is 97.3 Å². The summed E-state index contributed by atoms with van der Waals surface area (Å²) < 4.78 is 11.8. The number of ether oxygens (including phenoxy) is 2. The van der Waals surface area contributed by atoms with Gasteiger partial charge in [0.15, 0.2) is 11.5 Å². The van der Waals surface area contributed by atoms with Crippen LogP contribution in [-0.4, -0.2) is 28.6 Å². The molecule has 2 amide bonds. The van der Waals surface area contributed by atoms with Gasteiger partial charge in [-0.15, -0.1) is 0 Å². The molecule has 1 heterocycles. The number of rotatable bonds is 7. The smallest absolute Gasteiger partial charge is 0.345 e. The molecule has 1 aliphatic rings. The lowest BCUT2D eigenvalue weighted by Crippen LogP contribution is -2.27. The minimum atomic E-state index is -0.632. The Balaban J connectivity index is 1.60. The summed E-state index contributed by atoms with van der Waals surface area (Å²) in [7, 11) is 0. The standard InChI is InChI=1S/C27H21BrClNO5S/c1-3-34-22-13-17(12-20(28)24(22)35-26(32)19-10-6-7-11-21(19)29)14-23-25(31)30(27(33)36-23)15-18-9-5-4-8-16(18)2/h4-14H,3,15H2,1-2H3/b23-14-. The molecule has 1 fully saturated rings. The van der Waals surface area contributed by atoms with Gasteiger partial charge in [-0.1, -0.05) is 48.0 Å². The number of benzene rings is 3. The molecule has 36 heavy (non-hydrogen) atoms. The molecule has 0 unspecified atom stereocenters. The van der Waals surface area contributed by atoms with Gasteiger partial charge in [0.25, 0.3) is 11.1 Å². The average molecular weight is 587 g/mol. The maximum Gasteiger partial charge on any atom is 0.345 e.